The molecular formula is C12H12N4O4S. The van der Waals surface area contributed by atoms with E-state index in [0.717, 1.165) is 18.2 Å². The van der Waals surface area contributed by atoms with Gasteiger partial charge in [-0.1, -0.05) is 6.07 Å². The van der Waals surface area contributed by atoms with Crippen molar-refractivity contribution in [1.82, 2.24) is 4.98 Å². The second-order valence-electron chi connectivity index (χ2n) is 4.25. The highest BCUT2D eigenvalue weighted by atomic mass is 32.2. The molecule has 0 aliphatic heterocycles. The molecule has 0 amide bonds. The number of nitrogens with zero attached hydrogens (tertiary/aromatic N) is 2. The lowest BCUT2D eigenvalue weighted by Crippen LogP contribution is -2.14. The molecule has 21 heavy (non-hydrogen) atoms. The molecule has 1 aromatic heterocycles. The lowest BCUT2D eigenvalue weighted by molar-refractivity contribution is -0.383. The minimum atomic E-state index is -3.91. The summed E-state index contributed by atoms with van der Waals surface area (Å²) in [4.78, 5) is 13.8. The molecule has 110 valence electrons. The van der Waals surface area contributed by atoms with Gasteiger partial charge in [0.1, 0.15) is 11.5 Å². The second kappa shape index (κ2) is 5.37. The van der Waals surface area contributed by atoms with Crippen LogP contribution in [0.1, 0.15) is 5.69 Å². The molecule has 8 nitrogen and oxygen atoms in total. The van der Waals surface area contributed by atoms with Crippen molar-refractivity contribution < 1.29 is 13.3 Å². The molecule has 1 heterocycles. The van der Waals surface area contributed by atoms with E-state index in [-0.39, 0.29) is 22.1 Å². The number of hydrogen-bond acceptors (Lipinski definition) is 6. The van der Waals surface area contributed by atoms with Crippen LogP contribution in [0.5, 0.6) is 0 Å². The standard InChI is InChI=1S/C12H12N4O4S/c1-8-3-2-4-12(14-8)15-21(19,20)9-5-6-11(16(17)18)10(13)7-9/h2-7H,13H2,1H3,(H,14,15). The van der Waals surface area contributed by atoms with E-state index < -0.39 is 14.9 Å². The highest BCUT2D eigenvalue weighted by Gasteiger charge is 2.19. The first-order valence-electron chi connectivity index (χ1n) is 5.80. The Morgan fingerprint density at radius 1 is 1.29 bits per heavy atom. The third-order valence-corrected chi connectivity index (χ3v) is 3.99. The van der Waals surface area contributed by atoms with Crippen molar-refractivity contribution in [2.24, 2.45) is 0 Å². The summed E-state index contributed by atoms with van der Waals surface area (Å²) in [5.74, 6) is 0.159. The van der Waals surface area contributed by atoms with E-state index >= 15 is 0 Å². The van der Waals surface area contributed by atoms with Crippen molar-refractivity contribution in [1.29, 1.82) is 0 Å². The highest BCUT2D eigenvalue weighted by Crippen LogP contribution is 2.25. The molecule has 0 radical (unpaired) electrons. The van der Waals surface area contributed by atoms with Crippen LogP contribution >= 0.6 is 0 Å². The number of nitro benzene ring substituents is 1. The predicted molar refractivity (Wildman–Crippen MR) is 77.3 cm³/mol. The Morgan fingerprint density at radius 3 is 2.57 bits per heavy atom. The summed E-state index contributed by atoms with van der Waals surface area (Å²) in [5.41, 5.74) is 5.57. The number of aryl methyl sites for hydroxylation is 1. The van der Waals surface area contributed by atoms with Crippen LogP contribution in [0.25, 0.3) is 0 Å². The minimum absolute atomic E-state index is 0.159. The summed E-state index contributed by atoms with van der Waals surface area (Å²) in [7, 11) is -3.91. The van der Waals surface area contributed by atoms with Crippen LogP contribution in [0.2, 0.25) is 0 Å². The summed E-state index contributed by atoms with van der Waals surface area (Å²) < 4.78 is 26.6. The summed E-state index contributed by atoms with van der Waals surface area (Å²) in [5, 5.41) is 10.7. The normalized spacial score (nSPS) is 11.1. The van der Waals surface area contributed by atoms with Gasteiger partial charge < -0.3 is 5.73 Å². The van der Waals surface area contributed by atoms with Gasteiger partial charge in [-0.15, -0.1) is 0 Å². The van der Waals surface area contributed by atoms with Crippen LogP contribution < -0.4 is 10.5 Å². The Kier molecular flexibility index (Phi) is 3.76. The molecule has 0 saturated heterocycles. The Morgan fingerprint density at radius 2 is 2.00 bits per heavy atom. The number of benzene rings is 1. The molecule has 0 spiro atoms. The van der Waals surface area contributed by atoms with Gasteiger partial charge in [-0.3, -0.25) is 14.8 Å². The molecule has 9 heteroatoms. The van der Waals surface area contributed by atoms with Crippen molar-refractivity contribution in [3.05, 3.63) is 52.2 Å². The molecule has 3 N–H and O–H groups in total. The number of aromatic nitrogens is 1. The van der Waals surface area contributed by atoms with Crippen LogP contribution in [0.3, 0.4) is 0 Å². The molecule has 0 atom stereocenters. The smallest absolute Gasteiger partial charge is 0.292 e. The van der Waals surface area contributed by atoms with Crippen LogP contribution in [0, 0.1) is 17.0 Å². The zero-order valence-electron chi connectivity index (χ0n) is 11.0. The third kappa shape index (κ3) is 3.26. The maximum atomic E-state index is 12.2. The van der Waals surface area contributed by atoms with Gasteiger partial charge >= 0.3 is 0 Å². The number of pyridine rings is 1. The molecule has 0 aliphatic carbocycles. The SMILES string of the molecule is Cc1cccc(NS(=O)(=O)c2ccc([N+](=O)[O-])c(N)c2)n1. The Labute approximate surface area is 120 Å². The van der Waals surface area contributed by atoms with E-state index in [9.17, 15) is 18.5 Å². The van der Waals surface area contributed by atoms with Gasteiger partial charge in [-0.25, -0.2) is 13.4 Å². The summed E-state index contributed by atoms with van der Waals surface area (Å²) in [6.45, 7) is 1.72. The fraction of sp³-hybridized carbons (Fsp3) is 0.0833. The molecule has 0 aliphatic rings. The van der Waals surface area contributed by atoms with E-state index in [0.29, 0.717) is 5.69 Å². The zero-order valence-corrected chi connectivity index (χ0v) is 11.8. The first kappa shape index (κ1) is 14.7. The topological polar surface area (TPSA) is 128 Å². The molecule has 0 fully saturated rings. The number of hydrogen-bond donors (Lipinski definition) is 2. The lowest BCUT2D eigenvalue weighted by Gasteiger charge is -2.08. The number of nitrogens with one attached hydrogen (secondary N) is 1. The van der Waals surface area contributed by atoms with Crippen LogP contribution in [0.4, 0.5) is 17.2 Å². The van der Waals surface area contributed by atoms with E-state index in [1.807, 2.05) is 0 Å². The fourth-order valence-corrected chi connectivity index (χ4v) is 2.70. The van der Waals surface area contributed by atoms with Crippen LogP contribution in [0.15, 0.2) is 41.3 Å². The van der Waals surface area contributed by atoms with Gasteiger partial charge in [0.25, 0.3) is 15.7 Å². The Balaban J connectivity index is 2.36. The number of anilines is 2. The van der Waals surface area contributed by atoms with Crippen molar-refractivity contribution in [2.75, 3.05) is 10.5 Å². The number of nitrogens with two attached hydrogens (primary N) is 1. The van der Waals surface area contributed by atoms with Gasteiger partial charge in [-0.2, -0.15) is 0 Å². The molecule has 0 bridgehead atoms. The van der Waals surface area contributed by atoms with Crippen molar-refractivity contribution in [3.8, 4) is 0 Å². The van der Waals surface area contributed by atoms with Crippen molar-refractivity contribution >= 4 is 27.2 Å². The molecule has 0 saturated carbocycles. The van der Waals surface area contributed by atoms with Gasteiger partial charge in [0, 0.05) is 11.8 Å². The third-order valence-electron chi connectivity index (χ3n) is 2.63. The first-order valence-corrected chi connectivity index (χ1v) is 7.28. The summed E-state index contributed by atoms with van der Waals surface area (Å²) in [6, 6.07) is 8.09. The lowest BCUT2D eigenvalue weighted by atomic mass is 10.3. The van der Waals surface area contributed by atoms with Gasteiger partial charge in [-0.05, 0) is 31.2 Å². The van der Waals surface area contributed by atoms with Crippen molar-refractivity contribution in [2.45, 2.75) is 11.8 Å². The molecule has 2 aromatic rings. The largest absolute Gasteiger partial charge is 0.393 e. The van der Waals surface area contributed by atoms with Crippen LogP contribution in [-0.4, -0.2) is 18.3 Å². The van der Waals surface area contributed by atoms with E-state index in [4.69, 9.17) is 5.73 Å². The van der Waals surface area contributed by atoms with Crippen molar-refractivity contribution in [3.63, 3.8) is 0 Å². The average molecular weight is 308 g/mol. The number of nitrogen functional groups attached to an aromatic ring is 1. The maximum Gasteiger partial charge on any atom is 0.292 e. The summed E-state index contributed by atoms with van der Waals surface area (Å²) in [6.07, 6.45) is 0. The number of sulfonamides is 1. The Hall–Kier alpha value is -2.68. The first-order chi connectivity index (χ1) is 9.79. The molecule has 0 unspecified atom stereocenters. The van der Waals surface area contributed by atoms with E-state index in [1.165, 1.54) is 6.07 Å². The van der Waals surface area contributed by atoms with E-state index in [2.05, 4.69) is 9.71 Å². The monoisotopic (exact) mass is 308 g/mol. The van der Waals surface area contributed by atoms with Gasteiger partial charge in [0.2, 0.25) is 0 Å². The predicted octanol–water partition coefficient (Wildman–Crippen LogP) is 1.68. The van der Waals surface area contributed by atoms with Crippen LogP contribution in [-0.2, 0) is 10.0 Å². The van der Waals surface area contributed by atoms with Gasteiger partial charge in [0.05, 0.1) is 9.82 Å². The second-order valence-corrected chi connectivity index (χ2v) is 5.93. The fourth-order valence-electron chi connectivity index (χ4n) is 1.66. The minimum Gasteiger partial charge on any atom is -0.393 e. The number of rotatable bonds is 4. The zero-order chi connectivity index (χ0) is 15.6. The quantitative estimate of drug-likeness (QED) is 0.502. The number of nitro groups is 1. The average Bonchev–Trinajstić information content (AvgIpc) is 2.37. The Bertz CT molecular complexity index is 805. The molecular weight excluding hydrogens is 296 g/mol. The maximum absolute atomic E-state index is 12.2. The molecule has 2 rings (SSSR count). The molecule has 1 aromatic carbocycles. The summed E-state index contributed by atoms with van der Waals surface area (Å²) >= 11 is 0. The van der Waals surface area contributed by atoms with Gasteiger partial charge in [0.15, 0.2) is 0 Å². The highest BCUT2D eigenvalue weighted by molar-refractivity contribution is 7.92. The van der Waals surface area contributed by atoms with E-state index in [1.54, 1.807) is 19.1 Å².